The highest BCUT2D eigenvalue weighted by Gasteiger charge is 2.66. The predicted octanol–water partition coefficient (Wildman–Crippen LogP) is -2.34. The first-order chi connectivity index (χ1) is 7.59. The van der Waals surface area contributed by atoms with Gasteiger partial charge in [0.05, 0.1) is 12.1 Å². The number of hydrogen-bond acceptors (Lipinski definition) is 7. The van der Waals surface area contributed by atoms with Gasteiger partial charge >= 0.3 is 0 Å². The fourth-order valence-corrected chi connectivity index (χ4v) is 2.03. The van der Waals surface area contributed by atoms with Crippen molar-refractivity contribution in [2.24, 2.45) is 11.5 Å². The average Bonchev–Trinajstić information content (AvgIpc) is 2.23. The molecule has 1 rings (SSSR count). The maximum Gasteiger partial charge on any atom is 0.255 e. The monoisotopic (exact) mass is 246 g/mol. The second-order valence-electron chi connectivity index (χ2n) is 4.47. The molecule has 0 aromatic heterocycles. The van der Waals surface area contributed by atoms with E-state index in [4.69, 9.17) is 16.2 Å². The first kappa shape index (κ1) is 14.2. The Labute approximate surface area is 98.7 Å². The number of ketones is 2. The SMILES string of the molecule is CC(=O)C1(O)O[C@H](C)[C@@H](N)[C@H](O)[C@]1(N)C(C)=O. The largest absolute Gasteiger partial charge is 0.389 e. The Kier molecular flexibility index (Phi) is 3.43. The summed E-state index contributed by atoms with van der Waals surface area (Å²) >= 11 is 0. The van der Waals surface area contributed by atoms with E-state index in [-0.39, 0.29) is 0 Å². The van der Waals surface area contributed by atoms with Crippen molar-refractivity contribution < 1.29 is 24.5 Å². The summed E-state index contributed by atoms with van der Waals surface area (Å²) in [5, 5.41) is 20.1. The van der Waals surface area contributed by atoms with Crippen molar-refractivity contribution in [1.29, 1.82) is 0 Å². The summed E-state index contributed by atoms with van der Waals surface area (Å²) in [7, 11) is 0. The van der Waals surface area contributed by atoms with Gasteiger partial charge in [0.15, 0.2) is 17.1 Å². The molecule has 17 heavy (non-hydrogen) atoms. The Morgan fingerprint density at radius 1 is 1.29 bits per heavy atom. The maximum atomic E-state index is 11.6. The van der Waals surface area contributed by atoms with Crippen LogP contribution in [0.2, 0.25) is 0 Å². The summed E-state index contributed by atoms with van der Waals surface area (Å²) in [6.45, 7) is 3.56. The Morgan fingerprint density at radius 3 is 2.12 bits per heavy atom. The molecule has 1 heterocycles. The molecule has 0 amide bonds. The van der Waals surface area contributed by atoms with Gasteiger partial charge in [-0.3, -0.25) is 9.59 Å². The quantitative estimate of drug-likeness (QED) is 0.428. The third kappa shape index (κ3) is 1.71. The number of aliphatic hydroxyl groups excluding tert-OH is 1. The fraction of sp³-hybridized carbons (Fsp3) is 0.800. The first-order valence-electron chi connectivity index (χ1n) is 5.23. The van der Waals surface area contributed by atoms with Crippen molar-refractivity contribution >= 4 is 11.6 Å². The highest BCUT2D eigenvalue weighted by atomic mass is 16.6. The van der Waals surface area contributed by atoms with Crippen LogP contribution in [0, 0.1) is 0 Å². The van der Waals surface area contributed by atoms with Gasteiger partial charge in [-0.25, -0.2) is 0 Å². The van der Waals surface area contributed by atoms with Crippen LogP contribution in [0.1, 0.15) is 20.8 Å². The zero-order valence-corrected chi connectivity index (χ0v) is 10.0. The summed E-state index contributed by atoms with van der Waals surface area (Å²) in [4.78, 5) is 23.0. The molecular weight excluding hydrogens is 228 g/mol. The minimum atomic E-state index is -2.56. The van der Waals surface area contributed by atoms with E-state index in [0.717, 1.165) is 13.8 Å². The number of rotatable bonds is 2. The molecule has 6 N–H and O–H groups in total. The predicted molar refractivity (Wildman–Crippen MR) is 57.8 cm³/mol. The van der Waals surface area contributed by atoms with Gasteiger partial charge in [0.25, 0.3) is 5.79 Å². The fourth-order valence-electron chi connectivity index (χ4n) is 2.03. The molecule has 5 atom stereocenters. The number of carbonyl (C=O) groups is 2. The van der Waals surface area contributed by atoms with Crippen LogP contribution in [0.3, 0.4) is 0 Å². The van der Waals surface area contributed by atoms with E-state index in [2.05, 4.69) is 0 Å². The van der Waals surface area contributed by atoms with E-state index >= 15 is 0 Å². The molecule has 1 fully saturated rings. The lowest BCUT2D eigenvalue weighted by atomic mass is 9.73. The summed E-state index contributed by atoms with van der Waals surface area (Å²) in [6.07, 6.45) is -2.38. The first-order valence-corrected chi connectivity index (χ1v) is 5.23. The van der Waals surface area contributed by atoms with Crippen LogP contribution in [0.4, 0.5) is 0 Å². The van der Waals surface area contributed by atoms with Crippen LogP contribution >= 0.6 is 0 Å². The molecular formula is C10H18N2O5. The molecule has 1 aliphatic heterocycles. The molecule has 1 aliphatic rings. The van der Waals surface area contributed by atoms with Gasteiger partial charge in [-0.05, 0) is 13.8 Å². The summed E-state index contributed by atoms with van der Waals surface area (Å²) in [6, 6.07) is -0.969. The summed E-state index contributed by atoms with van der Waals surface area (Å²) < 4.78 is 5.07. The molecule has 0 aliphatic carbocycles. The smallest absolute Gasteiger partial charge is 0.255 e. The Hall–Kier alpha value is -0.860. The van der Waals surface area contributed by atoms with Crippen molar-refractivity contribution in [2.75, 3.05) is 0 Å². The van der Waals surface area contributed by atoms with Gasteiger partial charge < -0.3 is 26.4 Å². The number of Topliss-reactive ketones (excluding diaryl/α,β-unsaturated/α-hetero) is 2. The van der Waals surface area contributed by atoms with Gasteiger partial charge in [-0.2, -0.15) is 0 Å². The highest BCUT2D eigenvalue weighted by molar-refractivity contribution is 5.98. The number of ether oxygens (including phenoxy) is 1. The lowest BCUT2D eigenvalue weighted by Crippen LogP contribution is -2.82. The van der Waals surface area contributed by atoms with Crippen LogP contribution in [-0.2, 0) is 14.3 Å². The van der Waals surface area contributed by atoms with E-state index < -0.39 is 41.1 Å². The minimum Gasteiger partial charge on any atom is -0.389 e. The van der Waals surface area contributed by atoms with Crippen LogP contribution in [0.5, 0.6) is 0 Å². The molecule has 7 heteroatoms. The van der Waals surface area contributed by atoms with Gasteiger partial charge in [0, 0.05) is 6.92 Å². The lowest BCUT2D eigenvalue weighted by Gasteiger charge is -2.51. The number of aliphatic hydroxyl groups is 2. The van der Waals surface area contributed by atoms with Crippen molar-refractivity contribution in [3.8, 4) is 0 Å². The van der Waals surface area contributed by atoms with Gasteiger partial charge in [-0.1, -0.05) is 0 Å². The zero-order valence-electron chi connectivity index (χ0n) is 10.0. The van der Waals surface area contributed by atoms with Crippen LogP contribution in [-0.4, -0.2) is 51.4 Å². The summed E-state index contributed by atoms with van der Waals surface area (Å²) in [5.74, 6) is -4.19. The lowest BCUT2D eigenvalue weighted by molar-refractivity contribution is -0.287. The second kappa shape index (κ2) is 4.11. The van der Waals surface area contributed by atoms with Crippen molar-refractivity contribution in [3.63, 3.8) is 0 Å². The summed E-state index contributed by atoms with van der Waals surface area (Å²) in [5.41, 5.74) is 9.07. The molecule has 1 saturated heterocycles. The molecule has 98 valence electrons. The standard InChI is InChI=1S/C10H18N2O5/c1-4-7(11)8(15)9(12,5(2)13)10(16,17-4)6(3)14/h4,7-8,15-16H,11-12H2,1-3H3/t4-,7-,8+,9-,10?/m1/s1. The van der Waals surface area contributed by atoms with Crippen molar-refractivity contribution in [3.05, 3.63) is 0 Å². The Morgan fingerprint density at radius 2 is 1.76 bits per heavy atom. The molecule has 0 radical (unpaired) electrons. The third-order valence-electron chi connectivity index (χ3n) is 3.35. The molecule has 0 saturated carbocycles. The zero-order chi connectivity index (χ0) is 13.6. The van der Waals surface area contributed by atoms with E-state index in [1.165, 1.54) is 6.92 Å². The molecule has 0 aromatic rings. The van der Waals surface area contributed by atoms with Gasteiger partial charge in [-0.15, -0.1) is 0 Å². The molecule has 1 unspecified atom stereocenters. The van der Waals surface area contributed by atoms with Crippen LogP contribution < -0.4 is 11.5 Å². The Balaban J connectivity index is 3.37. The minimum absolute atomic E-state index is 0.773. The average molecular weight is 246 g/mol. The van der Waals surface area contributed by atoms with Gasteiger partial charge in [0.2, 0.25) is 0 Å². The van der Waals surface area contributed by atoms with E-state index in [0.29, 0.717) is 0 Å². The van der Waals surface area contributed by atoms with E-state index in [1.54, 1.807) is 0 Å². The van der Waals surface area contributed by atoms with Gasteiger partial charge in [0.1, 0.15) is 6.10 Å². The number of carbonyl (C=O) groups excluding carboxylic acids is 2. The molecule has 0 spiro atoms. The van der Waals surface area contributed by atoms with Crippen LogP contribution in [0.15, 0.2) is 0 Å². The van der Waals surface area contributed by atoms with Crippen molar-refractivity contribution in [2.45, 2.75) is 50.3 Å². The normalized spacial score (nSPS) is 46.6. The molecule has 0 bridgehead atoms. The van der Waals surface area contributed by atoms with E-state index in [9.17, 15) is 19.8 Å². The Bertz CT molecular complexity index is 361. The topological polar surface area (TPSA) is 136 Å². The molecule has 0 aromatic carbocycles. The highest BCUT2D eigenvalue weighted by Crippen LogP contribution is 2.35. The number of nitrogens with two attached hydrogens (primary N) is 2. The third-order valence-corrected chi connectivity index (χ3v) is 3.35. The molecule has 7 nitrogen and oxygen atoms in total. The second-order valence-corrected chi connectivity index (χ2v) is 4.47. The van der Waals surface area contributed by atoms with Crippen molar-refractivity contribution in [1.82, 2.24) is 0 Å². The van der Waals surface area contributed by atoms with E-state index in [1.807, 2.05) is 0 Å². The number of hydrogen-bond donors (Lipinski definition) is 4. The maximum absolute atomic E-state index is 11.6. The van der Waals surface area contributed by atoms with Crippen LogP contribution in [0.25, 0.3) is 0 Å².